The van der Waals surface area contributed by atoms with E-state index in [1.807, 2.05) is 6.92 Å². The molecule has 0 aliphatic heterocycles. The fourth-order valence-electron chi connectivity index (χ4n) is 1.08. The van der Waals surface area contributed by atoms with Crippen molar-refractivity contribution in [3.63, 3.8) is 0 Å². The first-order valence-corrected chi connectivity index (χ1v) is 6.82. The molecular formula is C10H22N2O3S. The zero-order chi connectivity index (χ0) is 13.0. The van der Waals surface area contributed by atoms with Crippen LogP contribution in [0.5, 0.6) is 0 Å². The first kappa shape index (κ1) is 15.4. The van der Waals surface area contributed by atoms with Crippen LogP contribution in [0.2, 0.25) is 0 Å². The summed E-state index contributed by atoms with van der Waals surface area (Å²) in [5.74, 6) is -0.449. The molecule has 16 heavy (non-hydrogen) atoms. The molecule has 0 saturated heterocycles. The Labute approximate surface area is 98.4 Å². The van der Waals surface area contributed by atoms with Crippen LogP contribution in [0.4, 0.5) is 0 Å². The second-order valence-corrected chi connectivity index (χ2v) is 6.59. The maximum absolute atomic E-state index is 11.8. The van der Waals surface area contributed by atoms with Gasteiger partial charge in [-0.15, -0.1) is 0 Å². The lowest BCUT2D eigenvalue weighted by molar-refractivity contribution is -0.127. The first-order valence-electron chi connectivity index (χ1n) is 5.38. The molecule has 0 aliphatic carbocycles. The zero-order valence-electron chi connectivity index (χ0n) is 10.7. The molecule has 0 spiro atoms. The first-order chi connectivity index (χ1) is 7.13. The van der Waals surface area contributed by atoms with Crippen LogP contribution >= 0.6 is 0 Å². The van der Waals surface area contributed by atoms with E-state index in [1.54, 1.807) is 13.8 Å². The molecule has 1 amide bonds. The lowest BCUT2D eigenvalue weighted by Gasteiger charge is -2.24. The van der Waals surface area contributed by atoms with Gasteiger partial charge in [0.1, 0.15) is 0 Å². The smallest absolute Gasteiger partial charge is 0.273 e. The average molecular weight is 250 g/mol. The zero-order valence-corrected chi connectivity index (χ0v) is 11.5. The van der Waals surface area contributed by atoms with Crippen molar-refractivity contribution in [1.82, 2.24) is 9.03 Å². The Morgan fingerprint density at radius 3 is 2.19 bits per heavy atom. The predicted octanol–water partition coefficient (Wildman–Crippen LogP) is 1.13. The molecule has 96 valence electrons. The fraction of sp³-hybridized carbons (Fsp3) is 0.900. The van der Waals surface area contributed by atoms with Gasteiger partial charge in [-0.05, 0) is 6.42 Å². The third kappa shape index (κ3) is 4.49. The van der Waals surface area contributed by atoms with Gasteiger partial charge < -0.3 is 0 Å². The second-order valence-electron chi connectivity index (χ2n) is 4.71. The predicted molar refractivity (Wildman–Crippen MR) is 64.1 cm³/mol. The normalized spacial score (nSPS) is 12.9. The lowest BCUT2D eigenvalue weighted by Crippen LogP contribution is -2.45. The summed E-state index contributed by atoms with van der Waals surface area (Å²) in [5.41, 5.74) is -0.654. The van der Waals surface area contributed by atoms with Gasteiger partial charge in [0.05, 0.1) is 0 Å². The van der Waals surface area contributed by atoms with Gasteiger partial charge in [-0.1, -0.05) is 33.6 Å². The van der Waals surface area contributed by atoms with E-state index in [-0.39, 0.29) is 0 Å². The standard InChI is InChI=1S/C10H22N2O3S/c1-6-7-8-10(2,3)9(13)11-16(14,15)12(4)5/h6-8H2,1-5H3,(H,11,13). The topological polar surface area (TPSA) is 66.5 Å². The molecule has 0 fully saturated rings. The highest BCUT2D eigenvalue weighted by atomic mass is 32.2. The molecule has 0 bridgehead atoms. The van der Waals surface area contributed by atoms with Crippen LogP contribution in [0.1, 0.15) is 40.0 Å². The van der Waals surface area contributed by atoms with E-state index in [1.165, 1.54) is 14.1 Å². The number of nitrogens with one attached hydrogen (secondary N) is 1. The molecule has 6 heteroatoms. The van der Waals surface area contributed by atoms with Gasteiger partial charge >= 0.3 is 10.2 Å². The average Bonchev–Trinajstić information content (AvgIpc) is 2.13. The Morgan fingerprint density at radius 1 is 1.31 bits per heavy atom. The number of carbonyl (C=O) groups excluding carboxylic acids is 1. The Hall–Kier alpha value is -0.620. The van der Waals surface area contributed by atoms with E-state index >= 15 is 0 Å². The monoisotopic (exact) mass is 250 g/mol. The third-order valence-electron chi connectivity index (χ3n) is 2.47. The van der Waals surface area contributed by atoms with Gasteiger partial charge in [-0.3, -0.25) is 4.79 Å². The minimum atomic E-state index is -3.67. The van der Waals surface area contributed by atoms with Crippen LogP contribution < -0.4 is 4.72 Å². The van der Waals surface area contributed by atoms with Crippen LogP contribution in [-0.4, -0.2) is 32.7 Å². The number of hydrogen-bond acceptors (Lipinski definition) is 3. The van der Waals surface area contributed by atoms with Crippen molar-refractivity contribution in [2.75, 3.05) is 14.1 Å². The summed E-state index contributed by atoms with van der Waals surface area (Å²) in [5, 5.41) is 0. The van der Waals surface area contributed by atoms with E-state index in [9.17, 15) is 13.2 Å². The lowest BCUT2D eigenvalue weighted by atomic mass is 9.87. The Kier molecular flexibility index (Phi) is 5.41. The van der Waals surface area contributed by atoms with Gasteiger partial charge in [-0.25, -0.2) is 4.72 Å². The van der Waals surface area contributed by atoms with Crippen LogP contribution in [0.3, 0.4) is 0 Å². The highest BCUT2D eigenvalue weighted by molar-refractivity contribution is 7.87. The van der Waals surface area contributed by atoms with Crippen molar-refractivity contribution in [1.29, 1.82) is 0 Å². The number of nitrogens with zero attached hydrogens (tertiary/aromatic N) is 1. The van der Waals surface area contributed by atoms with E-state index in [0.29, 0.717) is 6.42 Å². The summed E-state index contributed by atoms with van der Waals surface area (Å²) in [7, 11) is -0.905. The van der Waals surface area contributed by atoms with Crippen molar-refractivity contribution in [2.24, 2.45) is 5.41 Å². The second kappa shape index (κ2) is 5.63. The summed E-state index contributed by atoms with van der Waals surface area (Å²) < 4.78 is 26.0. The molecular weight excluding hydrogens is 228 g/mol. The minimum absolute atomic E-state index is 0.449. The van der Waals surface area contributed by atoms with Gasteiger partial charge in [0, 0.05) is 19.5 Å². The van der Waals surface area contributed by atoms with Gasteiger partial charge in [0.2, 0.25) is 5.91 Å². The molecule has 0 aromatic carbocycles. The van der Waals surface area contributed by atoms with Crippen LogP contribution in [0.25, 0.3) is 0 Å². The van der Waals surface area contributed by atoms with Gasteiger partial charge in [-0.2, -0.15) is 12.7 Å². The molecule has 0 radical (unpaired) electrons. The molecule has 0 aromatic rings. The van der Waals surface area contributed by atoms with E-state index in [4.69, 9.17) is 0 Å². The molecule has 1 N–H and O–H groups in total. The van der Waals surface area contributed by atoms with E-state index in [2.05, 4.69) is 4.72 Å². The Bertz CT molecular complexity index is 334. The number of amides is 1. The van der Waals surface area contributed by atoms with Crippen molar-refractivity contribution in [3.05, 3.63) is 0 Å². The van der Waals surface area contributed by atoms with Crippen molar-refractivity contribution < 1.29 is 13.2 Å². The maximum Gasteiger partial charge on any atom is 0.303 e. The SMILES string of the molecule is CCCCC(C)(C)C(=O)NS(=O)(=O)N(C)C. The quantitative estimate of drug-likeness (QED) is 0.768. The molecule has 0 rings (SSSR count). The largest absolute Gasteiger partial charge is 0.303 e. The summed E-state index contributed by atoms with van der Waals surface area (Å²) in [4.78, 5) is 11.8. The Morgan fingerprint density at radius 2 is 1.81 bits per heavy atom. The van der Waals surface area contributed by atoms with Crippen molar-refractivity contribution in [3.8, 4) is 0 Å². The number of rotatable bonds is 6. The summed E-state index contributed by atoms with van der Waals surface area (Å²) >= 11 is 0. The van der Waals surface area contributed by atoms with Gasteiger partial charge in [0.25, 0.3) is 0 Å². The number of hydrogen-bond donors (Lipinski definition) is 1. The molecule has 0 heterocycles. The summed E-state index contributed by atoms with van der Waals surface area (Å²) in [6.45, 7) is 5.54. The van der Waals surface area contributed by atoms with E-state index in [0.717, 1.165) is 17.1 Å². The highest BCUT2D eigenvalue weighted by Crippen LogP contribution is 2.23. The van der Waals surface area contributed by atoms with E-state index < -0.39 is 21.5 Å². The molecule has 0 aromatic heterocycles. The molecule has 0 unspecified atom stereocenters. The molecule has 0 atom stereocenters. The van der Waals surface area contributed by atoms with Crippen molar-refractivity contribution in [2.45, 2.75) is 40.0 Å². The molecule has 0 saturated carbocycles. The molecule has 5 nitrogen and oxygen atoms in total. The summed E-state index contributed by atoms with van der Waals surface area (Å²) in [6, 6.07) is 0. The van der Waals surface area contributed by atoms with Crippen molar-refractivity contribution >= 4 is 16.1 Å². The minimum Gasteiger partial charge on any atom is -0.273 e. The van der Waals surface area contributed by atoms with Crippen LogP contribution in [0, 0.1) is 5.41 Å². The number of carbonyl (C=O) groups is 1. The Balaban J connectivity index is 4.58. The van der Waals surface area contributed by atoms with Gasteiger partial charge in [0.15, 0.2) is 0 Å². The maximum atomic E-state index is 11.8. The fourth-order valence-corrected chi connectivity index (χ4v) is 1.77. The highest BCUT2D eigenvalue weighted by Gasteiger charge is 2.30. The molecule has 0 aliphatic rings. The summed E-state index contributed by atoms with van der Waals surface area (Å²) in [6.07, 6.45) is 2.57. The third-order valence-corrected chi connectivity index (χ3v) is 3.88. The van der Waals surface area contributed by atoms with Crippen LogP contribution in [-0.2, 0) is 15.0 Å². The van der Waals surface area contributed by atoms with Crippen LogP contribution in [0.15, 0.2) is 0 Å². The number of unbranched alkanes of at least 4 members (excludes halogenated alkanes) is 1.